The van der Waals surface area contributed by atoms with Gasteiger partial charge in [-0.1, -0.05) is 12.1 Å². The van der Waals surface area contributed by atoms with E-state index < -0.39 is 6.04 Å². The van der Waals surface area contributed by atoms with E-state index in [1.165, 1.54) is 6.26 Å². The largest absolute Gasteiger partial charge is 0.364 e. The van der Waals surface area contributed by atoms with Gasteiger partial charge in [0.25, 0.3) is 0 Å². The maximum atomic E-state index is 12.5. The fourth-order valence-electron chi connectivity index (χ4n) is 2.62. The monoisotopic (exact) mass is 263 g/mol. The van der Waals surface area contributed by atoms with E-state index in [4.69, 9.17) is 4.52 Å². The summed E-state index contributed by atoms with van der Waals surface area (Å²) in [5.74, 6) is 0.272. The van der Waals surface area contributed by atoms with Crippen LogP contribution in [-0.4, -0.2) is 34.0 Å². The molecule has 2 amide bonds. The van der Waals surface area contributed by atoms with E-state index in [0.29, 0.717) is 24.6 Å². The third kappa shape index (κ3) is 2.22. The molecule has 0 spiro atoms. The van der Waals surface area contributed by atoms with E-state index in [1.807, 2.05) is 6.92 Å². The van der Waals surface area contributed by atoms with Crippen LogP contribution in [0.1, 0.15) is 31.9 Å². The molecule has 0 aromatic carbocycles. The van der Waals surface area contributed by atoms with Crippen molar-refractivity contribution >= 4 is 11.8 Å². The Kier molecular flexibility index (Phi) is 3.00. The van der Waals surface area contributed by atoms with Crippen LogP contribution in [0.5, 0.6) is 0 Å². The Morgan fingerprint density at radius 2 is 2.26 bits per heavy atom. The lowest BCUT2D eigenvalue weighted by atomic mass is 10.0. The lowest BCUT2D eigenvalue weighted by Crippen LogP contribution is -2.63. The maximum Gasteiger partial charge on any atom is 0.246 e. The highest BCUT2D eigenvalue weighted by molar-refractivity contribution is 5.97. The summed E-state index contributed by atoms with van der Waals surface area (Å²) < 4.78 is 4.79. The number of piperazine rings is 1. The van der Waals surface area contributed by atoms with Crippen LogP contribution >= 0.6 is 0 Å². The van der Waals surface area contributed by atoms with Gasteiger partial charge in [0.2, 0.25) is 11.8 Å². The van der Waals surface area contributed by atoms with E-state index in [0.717, 1.165) is 12.8 Å². The summed E-state index contributed by atoms with van der Waals surface area (Å²) in [7, 11) is 0. The average molecular weight is 263 g/mol. The zero-order valence-electron chi connectivity index (χ0n) is 10.8. The molecule has 2 heterocycles. The second kappa shape index (κ2) is 4.68. The number of hydrogen-bond acceptors (Lipinski definition) is 4. The highest BCUT2D eigenvalue weighted by atomic mass is 16.5. The van der Waals surface area contributed by atoms with Gasteiger partial charge in [0.1, 0.15) is 24.0 Å². The molecule has 2 aliphatic rings. The molecule has 1 saturated carbocycles. The molecule has 2 atom stereocenters. The third-order valence-electron chi connectivity index (χ3n) is 3.83. The minimum Gasteiger partial charge on any atom is -0.364 e. The zero-order valence-corrected chi connectivity index (χ0v) is 10.8. The number of hydrogen-bond donors (Lipinski definition) is 1. The second-order valence-corrected chi connectivity index (χ2v) is 5.20. The van der Waals surface area contributed by atoms with Crippen LogP contribution in [0.2, 0.25) is 0 Å². The summed E-state index contributed by atoms with van der Waals surface area (Å²) in [6, 6.07) is 0.972. The van der Waals surface area contributed by atoms with Gasteiger partial charge in [-0.05, 0) is 25.2 Å². The van der Waals surface area contributed by atoms with Gasteiger partial charge in [-0.25, -0.2) is 0 Å². The van der Waals surface area contributed by atoms with Crippen LogP contribution in [0.25, 0.3) is 0 Å². The molecule has 0 radical (unpaired) electrons. The number of nitrogens with one attached hydrogen (secondary N) is 1. The standard InChI is InChI=1S/C13H17N3O3/c1-2-10-12(17)14-11(8-3-4-8)13(18)16(10)7-9-5-6-19-15-9/h5-6,8,10-11H,2-4,7H2,1H3,(H,14,17). The van der Waals surface area contributed by atoms with Crippen LogP contribution in [0.4, 0.5) is 0 Å². The number of carbonyl (C=O) groups excluding carboxylic acids is 2. The lowest BCUT2D eigenvalue weighted by molar-refractivity contribution is -0.150. The topological polar surface area (TPSA) is 75.4 Å². The summed E-state index contributed by atoms with van der Waals surface area (Å²) in [5, 5.41) is 6.69. The first kappa shape index (κ1) is 12.2. The molecule has 19 heavy (non-hydrogen) atoms. The average Bonchev–Trinajstić information content (AvgIpc) is 3.11. The quantitative estimate of drug-likeness (QED) is 0.867. The summed E-state index contributed by atoms with van der Waals surface area (Å²) in [4.78, 5) is 26.2. The van der Waals surface area contributed by atoms with Crippen molar-refractivity contribution in [2.24, 2.45) is 5.92 Å². The minimum atomic E-state index is -0.404. The molecule has 0 bridgehead atoms. The fourth-order valence-corrected chi connectivity index (χ4v) is 2.62. The molecule has 1 saturated heterocycles. The molecule has 102 valence electrons. The lowest BCUT2D eigenvalue weighted by Gasteiger charge is -2.38. The third-order valence-corrected chi connectivity index (χ3v) is 3.83. The number of aromatic nitrogens is 1. The van der Waals surface area contributed by atoms with Gasteiger partial charge in [0.05, 0.1) is 6.54 Å². The fraction of sp³-hybridized carbons (Fsp3) is 0.615. The minimum absolute atomic E-state index is 0.0111. The van der Waals surface area contributed by atoms with Crippen molar-refractivity contribution in [1.29, 1.82) is 0 Å². The molecule has 6 heteroatoms. The van der Waals surface area contributed by atoms with Gasteiger partial charge >= 0.3 is 0 Å². The molecule has 6 nitrogen and oxygen atoms in total. The first-order valence-electron chi connectivity index (χ1n) is 6.70. The molecule has 1 aromatic heterocycles. The maximum absolute atomic E-state index is 12.5. The second-order valence-electron chi connectivity index (χ2n) is 5.20. The molecule has 1 aromatic rings. The Hall–Kier alpha value is -1.85. The number of carbonyl (C=O) groups is 2. The van der Waals surface area contributed by atoms with Gasteiger partial charge in [0.15, 0.2) is 0 Å². The first-order chi connectivity index (χ1) is 9.20. The Bertz CT molecular complexity index is 481. The van der Waals surface area contributed by atoms with Crippen LogP contribution in [0.15, 0.2) is 16.9 Å². The van der Waals surface area contributed by atoms with Crippen molar-refractivity contribution in [1.82, 2.24) is 15.4 Å². The van der Waals surface area contributed by atoms with Gasteiger partial charge in [-0.15, -0.1) is 0 Å². The van der Waals surface area contributed by atoms with Crippen LogP contribution in [0.3, 0.4) is 0 Å². The highest BCUT2D eigenvalue weighted by Gasteiger charge is 2.46. The van der Waals surface area contributed by atoms with E-state index in [-0.39, 0.29) is 17.9 Å². The Labute approximate surface area is 111 Å². The Morgan fingerprint density at radius 1 is 1.47 bits per heavy atom. The highest BCUT2D eigenvalue weighted by Crippen LogP contribution is 2.35. The number of rotatable bonds is 4. The van der Waals surface area contributed by atoms with E-state index >= 15 is 0 Å². The molecular weight excluding hydrogens is 246 g/mol. The molecule has 1 N–H and O–H groups in total. The number of amides is 2. The van der Waals surface area contributed by atoms with Gasteiger partial charge in [-0.2, -0.15) is 0 Å². The molecule has 2 unspecified atom stereocenters. The summed E-state index contributed by atoms with van der Waals surface area (Å²) in [6.45, 7) is 2.25. The summed E-state index contributed by atoms with van der Waals surface area (Å²) in [5.41, 5.74) is 0.677. The molecular formula is C13H17N3O3. The number of nitrogens with zero attached hydrogens (tertiary/aromatic N) is 2. The Morgan fingerprint density at radius 3 is 2.84 bits per heavy atom. The van der Waals surface area contributed by atoms with E-state index in [1.54, 1.807) is 11.0 Å². The Balaban J connectivity index is 1.82. The summed E-state index contributed by atoms with van der Waals surface area (Å²) >= 11 is 0. The molecule has 1 aliphatic carbocycles. The predicted molar refractivity (Wildman–Crippen MR) is 65.8 cm³/mol. The normalized spacial score (nSPS) is 27.5. The van der Waals surface area contributed by atoms with Crippen molar-refractivity contribution in [3.8, 4) is 0 Å². The van der Waals surface area contributed by atoms with E-state index in [9.17, 15) is 9.59 Å². The predicted octanol–water partition coefficient (Wildman–Crippen LogP) is 0.690. The molecule has 2 fully saturated rings. The van der Waals surface area contributed by atoms with Gasteiger partial charge < -0.3 is 14.7 Å². The van der Waals surface area contributed by atoms with Crippen LogP contribution in [-0.2, 0) is 16.1 Å². The van der Waals surface area contributed by atoms with Crippen molar-refractivity contribution in [2.75, 3.05) is 0 Å². The SMILES string of the molecule is CCC1C(=O)NC(C2CC2)C(=O)N1Cc1ccon1. The van der Waals surface area contributed by atoms with Crippen molar-refractivity contribution in [2.45, 2.75) is 44.8 Å². The van der Waals surface area contributed by atoms with Crippen LogP contribution in [0, 0.1) is 5.92 Å². The summed E-state index contributed by atoms with van der Waals surface area (Å²) in [6.07, 6.45) is 4.12. The van der Waals surface area contributed by atoms with Crippen molar-refractivity contribution < 1.29 is 14.1 Å². The van der Waals surface area contributed by atoms with Crippen LogP contribution < -0.4 is 5.32 Å². The van der Waals surface area contributed by atoms with Crippen molar-refractivity contribution in [3.63, 3.8) is 0 Å². The van der Waals surface area contributed by atoms with Crippen molar-refractivity contribution in [3.05, 3.63) is 18.0 Å². The smallest absolute Gasteiger partial charge is 0.246 e. The first-order valence-corrected chi connectivity index (χ1v) is 6.70. The van der Waals surface area contributed by atoms with Gasteiger partial charge in [0, 0.05) is 6.07 Å². The molecule has 1 aliphatic heterocycles. The van der Waals surface area contributed by atoms with Gasteiger partial charge in [-0.3, -0.25) is 9.59 Å². The zero-order chi connectivity index (χ0) is 13.4. The molecule has 3 rings (SSSR count). The van der Waals surface area contributed by atoms with E-state index in [2.05, 4.69) is 10.5 Å².